The number of para-hydroxylation sites is 1. The zero-order chi connectivity index (χ0) is 13.9. The normalized spacial score (nSPS) is 16.9. The highest BCUT2D eigenvalue weighted by molar-refractivity contribution is 7.99. The van der Waals surface area contributed by atoms with E-state index in [4.69, 9.17) is 9.47 Å². The first-order valence-electron chi connectivity index (χ1n) is 6.07. The second-order valence-electron chi connectivity index (χ2n) is 4.14. The van der Waals surface area contributed by atoms with E-state index in [2.05, 4.69) is 9.97 Å². The Morgan fingerprint density at radius 1 is 1.35 bits per heavy atom. The van der Waals surface area contributed by atoms with Gasteiger partial charge in [-0.3, -0.25) is 4.79 Å². The number of hydrogen-bond donors (Lipinski definition) is 0. The molecule has 1 atom stereocenters. The number of nitrogens with zero attached hydrogens (tertiary/aromatic N) is 2. The summed E-state index contributed by atoms with van der Waals surface area (Å²) >= 11 is 1.60. The zero-order valence-corrected chi connectivity index (χ0v) is 11.6. The quantitative estimate of drug-likeness (QED) is 0.807. The van der Waals surface area contributed by atoms with Crippen LogP contribution in [0.25, 0.3) is 0 Å². The van der Waals surface area contributed by atoms with Crippen LogP contribution in [0.1, 0.15) is 10.5 Å². The van der Waals surface area contributed by atoms with Crippen LogP contribution in [0, 0.1) is 0 Å². The third kappa shape index (κ3) is 2.34. The summed E-state index contributed by atoms with van der Waals surface area (Å²) in [6.07, 6.45) is 2.39. The molecule has 0 saturated heterocycles. The molecule has 20 heavy (non-hydrogen) atoms. The van der Waals surface area contributed by atoms with E-state index in [1.807, 2.05) is 24.3 Å². The van der Waals surface area contributed by atoms with Crippen molar-refractivity contribution in [3.63, 3.8) is 0 Å². The van der Waals surface area contributed by atoms with Crippen LogP contribution >= 0.6 is 11.8 Å². The summed E-state index contributed by atoms with van der Waals surface area (Å²) in [6.45, 7) is 0. The van der Waals surface area contributed by atoms with Gasteiger partial charge in [0.15, 0.2) is 11.8 Å². The van der Waals surface area contributed by atoms with Crippen molar-refractivity contribution in [2.45, 2.75) is 11.0 Å². The highest BCUT2D eigenvalue weighted by Gasteiger charge is 2.30. The number of carbonyl (C=O) groups is 1. The van der Waals surface area contributed by atoms with Gasteiger partial charge in [0.2, 0.25) is 11.7 Å². The molecule has 0 amide bonds. The molecule has 6 heteroatoms. The Labute approximate surface area is 120 Å². The molecule has 0 saturated carbocycles. The van der Waals surface area contributed by atoms with Gasteiger partial charge in [-0.2, -0.15) is 0 Å². The number of aromatic nitrogens is 2. The summed E-state index contributed by atoms with van der Waals surface area (Å²) < 4.78 is 10.8. The summed E-state index contributed by atoms with van der Waals surface area (Å²) in [5.74, 6) is 1.29. The molecule has 1 unspecified atom stereocenters. The van der Waals surface area contributed by atoms with E-state index in [0.29, 0.717) is 5.75 Å². The van der Waals surface area contributed by atoms with Gasteiger partial charge < -0.3 is 9.47 Å². The van der Waals surface area contributed by atoms with Gasteiger partial charge in [-0.1, -0.05) is 12.1 Å². The topological polar surface area (TPSA) is 61.3 Å². The molecule has 102 valence electrons. The first kappa shape index (κ1) is 12.9. The van der Waals surface area contributed by atoms with E-state index in [1.54, 1.807) is 11.8 Å². The molecule has 0 aliphatic carbocycles. The summed E-state index contributed by atoms with van der Waals surface area (Å²) in [7, 11) is 1.46. The first-order valence-corrected chi connectivity index (χ1v) is 7.06. The van der Waals surface area contributed by atoms with Crippen LogP contribution < -0.4 is 9.47 Å². The Bertz CT molecular complexity index is 648. The third-order valence-corrected chi connectivity index (χ3v) is 4.01. The minimum atomic E-state index is -0.569. The Morgan fingerprint density at radius 3 is 3.00 bits per heavy atom. The van der Waals surface area contributed by atoms with Gasteiger partial charge in [-0.05, 0) is 12.1 Å². The number of carbonyl (C=O) groups excluding carboxylic acids is 1. The van der Waals surface area contributed by atoms with E-state index in [-0.39, 0.29) is 17.4 Å². The molecule has 2 aromatic rings. The molecule has 5 nitrogen and oxygen atoms in total. The Balaban J connectivity index is 1.86. The second kappa shape index (κ2) is 5.50. The number of Topliss-reactive ketones (excluding diaryl/α,β-unsaturated/α-hetero) is 1. The van der Waals surface area contributed by atoms with Crippen molar-refractivity contribution in [2.24, 2.45) is 0 Å². The maximum atomic E-state index is 12.5. The largest absolute Gasteiger partial charge is 0.480 e. The highest BCUT2D eigenvalue weighted by Crippen LogP contribution is 2.35. The van der Waals surface area contributed by atoms with Crippen LogP contribution in [0.5, 0.6) is 11.6 Å². The second-order valence-corrected chi connectivity index (χ2v) is 5.20. The van der Waals surface area contributed by atoms with Gasteiger partial charge in [0.05, 0.1) is 7.11 Å². The molecule has 0 N–H and O–H groups in total. The van der Waals surface area contributed by atoms with Crippen molar-refractivity contribution in [3.05, 3.63) is 42.4 Å². The highest BCUT2D eigenvalue weighted by atomic mass is 32.2. The number of benzene rings is 1. The Hall–Kier alpha value is -2.08. The van der Waals surface area contributed by atoms with Gasteiger partial charge in [0.25, 0.3) is 0 Å². The lowest BCUT2D eigenvalue weighted by atomic mass is 10.2. The summed E-state index contributed by atoms with van der Waals surface area (Å²) in [4.78, 5) is 21.6. The SMILES string of the molecule is COc1nccnc1C(=O)C1CSc2ccccc2O1. The summed E-state index contributed by atoms with van der Waals surface area (Å²) in [6, 6.07) is 7.66. The fourth-order valence-corrected chi connectivity index (χ4v) is 2.93. The molecule has 0 bridgehead atoms. The summed E-state index contributed by atoms with van der Waals surface area (Å²) in [5.41, 5.74) is 0.208. The minimum Gasteiger partial charge on any atom is -0.480 e. The standard InChI is InChI=1S/C14H12N2O3S/c1-18-14-12(15-6-7-16-14)13(17)10-8-20-11-5-3-2-4-9(11)19-10/h2-7,10H,8H2,1H3. The monoisotopic (exact) mass is 288 g/mol. The molecular weight excluding hydrogens is 276 g/mol. The number of ether oxygens (including phenoxy) is 2. The molecule has 1 aromatic carbocycles. The molecule has 3 rings (SSSR count). The lowest BCUT2D eigenvalue weighted by Crippen LogP contribution is -2.33. The molecule has 1 aliphatic rings. The van der Waals surface area contributed by atoms with E-state index in [1.165, 1.54) is 19.5 Å². The average molecular weight is 288 g/mol. The summed E-state index contributed by atoms with van der Waals surface area (Å²) in [5, 5.41) is 0. The van der Waals surface area contributed by atoms with Crippen LogP contribution in [-0.4, -0.2) is 34.7 Å². The van der Waals surface area contributed by atoms with Crippen molar-refractivity contribution in [1.82, 2.24) is 9.97 Å². The van der Waals surface area contributed by atoms with E-state index in [9.17, 15) is 4.79 Å². The number of hydrogen-bond acceptors (Lipinski definition) is 6. The maximum Gasteiger partial charge on any atom is 0.243 e. The number of thioether (sulfide) groups is 1. The molecule has 2 heterocycles. The zero-order valence-electron chi connectivity index (χ0n) is 10.8. The third-order valence-electron chi connectivity index (χ3n) is 2.89. The van der Waals surface area contributed by atoms with Crippen molar-refractivity contribution in [1.29, 1.82) is 0 Å². The van der Waals surface area contributed by atoms with E-state index in [0.717, 1.165) is 10.6 Å². The van der Waals surface area contributed by atoms with Gasteiger partial charge in [0.1, 0.15) is 5.75 Å². The van der Waals surface area contributed by atoms with Crippen molar-refractivity contribution in [2.75, 3.05) is 12.9 Å². The molecule has 1 aliphatic heterocycles. The lowest BCUT2D eigenvalue weighted by molar-refractivity contribution is 0.0805. The minimum absolute atomic E-state index is 0.208. The van der Waals surface area contributed by atoms with Crippen molar-refractivity contribution < 1.29 is 14.3 Å². The van der Waals surface area contributed by atoms with Crippen molar-refractivity contribution in [3.8, 4) is 11.6 Å². The molecular formula is C14H12N2O3S. The average Bonchev–Trinajstić information content (AvgIpc) is 2.53. The number of fused-ring (bicyclic) bond motifs is 1. The Morgan fingerprint density at radius 2 is 2.15 bits per heavy atom. The lowest BCUT2D eigenvalue weighted by Gasteiger charge is -2.24. The van der Waals surface area contributed by atoms with E-state index < -0.39 is 6.10 Å². The van der Waals surface area contributed by atoms with Crippen LogP contribution in [0.15, 0.2) is 41.6 Å². The predicted octanol–water partition coefficient (Wildman–Crippen LogP) is 2.22. The number of methoxy groups -OCH3 is 1. The molecule has 0 fully saturated rings. The fraction of sp³-hybridized carbons (Fsp3) is 0.214. The number of ketones is 1. The fourth-order valence-electron chi connectivity index (χ4n) is 1.94. The van der Waals surface area contributed by atoms with Gasteiger partial charge in [-0.25, -0.2) is 9.97 Å². The van der Waals surface area contributed by atoms with E-state index >= 15 is 0 Å². The van der Waals surface area contributed by atoms with Crippen LogP contribution in [0.2, 0.25) is 0 Å². The van der Waals surface area contributed by atoms with Gasteiger partial charge in [-0.15, -0.1) is 11.8 Å². The van der Waals surface area contributed by atoms with Gasteiger partial charge in [0, 0.05) is 23.0 Å². The number of rotatable bonds is 3. The predicted molar refractivity (Wildman–Crippen MR) is 74.5 cm³/mol. The maximum absolute atomic E-state index is 12.5. The molecule has 1 aromatic heterocycles. The van der Waals surface area contributed by atoms with Gasteiger partial charge >= 0.3 is 0 Å². The Kier molecular flexibility index (Phi) is 3.56. The van der Waals surface area contributed by atoms with Crippen LogP contribution in [0.4, 0.5) is 0 Å². The van der Waals surface area contributed by atoms with Crippen molar-refractivity contribution >= 4 is 17.5 Å². The molecule has 0 spiro atoms. The first-order chi connectivity index (χ1) is 9.79. The smallest absolute Gasteiger partial charge is 0.243 e. The van der Waals surface area contributed by atoms with Crippen LogP contribution in [0.3, 0.4) is 0 Å². The molecule has 0 radical (unpaired) electrons. The van der Waals surface area contributed by atoms with Crippen LogP contribution in [-0.2, 0) is 0 Å².